The van der Waals surface area contributed by atoms with E-state index in [4.69, 9.17) is 22.8 Å². The number of rotatable bonds is 8. The molecule has 0 spiro atoms. The molecule has 0 saturated carbocycles. The summed E-state index contributed by atoms with van der Waals surface area (Å²) in [4.78, 5) is 0. The van der Waals surface area contributed by atoms with Crippen LogP contribution in [0.25, 0.3) is 0 Å². The largest absolute Gasteiger partial charge is 0.455 e. The summed E-state index contributed by atoms with van der Waals surface area (Å²) < 4.78 is 53.8. The molecule has 8 nitrogen and oxygen atoms in total. The minimum atomic E-state index is -3.80. The summed E-state index contributed by atoms with van der Waals surface area (Å²) in [5.74, 6) is -0.870. The summed E-state index contributed by atoms with van der Waals surface area (Å²) in [5.41, 5.74) is 0.442. The number of ether oxygens (including phenoxy) is 1. The summed E-state index contributed by atoms with van der Waals surface area (Å²) in [6.45, 7) is 3.67. The van der Waals surface area contributed by atoms with E-state index in [-0.39, 0.29) is 13.2 Å². The molecule has 1 aromatic carbocycles. The third-order valence-electron chi connectivity index (χ3n) is 3.18. The zero-order valence-electron chi connectivity index (χ0n) is 13.5. The highest BCUT2D eigenvalue weighted by atomic mass is 31.2. The zero-order valence-corrected chi connectivity index (χ0v) is 15.3. The van der Waals surface area contributed by atoms with Gasteiger partial charge in [0.15, 0.2) is 0 Å². The molecular weight excluding hydrogens is 344 g/mol. The van der Waals surface area contributed by atoms with Crippen molar-refractivity contribution in [2.75, 3.05) is 32.1 Å². The van der Waals surface area contributed by atoms with Crippen molar-refractivity contribution in [2.45, 2.75) is 19.8 Å². The van der Waals surface area contributed by atoms with Crippen LogP contribution in [0.3, 0.4) is 0 Å². The summed E-state index contributed by atoms with van der Waals surface area (Å²) in [6.07, 6.45) is 0. The number of fused-ring (bicyclic) bond motifs is 1. The fourth-order valence-corrected chi connectivity index (χ4v) is 5.82. The van der Waals surface area contributed by atoms with E-state index < -0.39 is 21.3 Å². The van der Waals surface area contributed by atoms with Crippen molar-refractivity contribution in [3.05, 3.63) is 24.3 Å². The molecule has 1 unspecified atom stereocenters. The van der Waals surface area contributed by atoms with Crippen LogP contribution in [-0.2, 0) is 27.2 Å². The maximum Gasteiger partial charge on any atom is 0.438 e. The third kappa shape index (κ3) is 3.33. The topological polar surface area (TPSA) is 83.5 Å². The molecule has 0 aliphatic carbocycles. The van der Waals surface area contributed by atoms with Crippen molar-refractivity contribution >= 4 is 21.0 Å². The van der Waals surface area contributed by atoms with Gasteiger partial charge in [0, 0.05) is 14.2 Å². The smallest absolute Gasteiger partial charge is 0.438 e. The molecule has 130 valence electrons. The summed E-state index contributed by atoms with van der Waals surface area (Å²) in [6, 6.07) is 6.83. The molecule has 0 amide bonds. The van der Waals surface area contributed by atoms with Crippen LogP contribution in [0.5, 0.6) is 5.75 Å². The SMILES string of the molecule is CCOP(=O)(OCC)N1c2ccccc2OC1P(=O)(OC)OC. The molecule has 1 aromatic rings. The van der Waals surface area contributed by atoms with E-state index in [1.807, 2.05) is 0 Å². The van der Waals surface area contributed by atoms with Crippen molar-refractivity contribution in [3.63, 3.8) is 0 Å². The molecular formula is C13H21NO7P2. The van der Waals surface area contributed by atoms with E-state index in [2.05, 4.69) is 0 Å². The van der Waals surface area contributed by atoms with Gasteiger partial charge in [0.25, 0.3) is 5.97 Å². The van der Waals surface area contributed by atoms with E-state index in [1.165, 1.54) is 18.9 Å². The second kappa shape index (κ2) is 7.34. The van der Waals surface area contributed by atoms with Gasteiger partial charge in [-0.25, -0.2) is 9.24 Å². The van der Waals surface area contributed by atoms with Crippen LogP contribution >= 0.6 is 15.3 Å². The predicted molar refractivity (Wildman–Crippen MR) is 85.8 cm³/mol. The first-order chi connectivity index (χ1) is 11.0. The lowest BCUT2D eigenvalue weighted by Crippen LogP contribution is -2.34. The van der Waals surface area contributed by atoms with E-state index in [1.54, 1.807) is 38.1 Å². The van der Waals surface area contributed by atoms with Crippen LogP contribution in [-0.4, -0.2) is 33.4 Å². The molecule has 0 bridgehead atoms. The molecule has 0 N–H and O–H groups in total. The number of benzene rings is 1. The molecule has 1 aliphatic heterocycles. The lowest BCUT2D eigenvalue weighted by Gasteiger charge is -2.33. The highest BCUT2D eigenvalue weighted by molar-refractivity contribution is 7.60. The average Bonchev–Trinajstić information content (AvgIpc) is 2.95. The molecule has 0 fully saturated rings. The Balaban J connectivity index is 2.57. The van der Waals surface area contributed by atoms with Crippen LogP contribution < -0.4 is 9.41 Å². The van der Waals surface area contributed by atoms with Crippen molar-refractivity contribution in [1.29, 1.82) is 0 Å². The minimum Gasteiger partial charge on any atom is -0.455 e. The highest BCUT2D eigenvalue weighted by Gasteiger charge is 2.54. The molecule has 0 aromatic heterocycles. The van der Waals surface area contributed by atoms with Crippen LogP contribution in [0.4, 0.5) is 5.69 Å². The first kappa shape index (κ1) is 18.5. The Kier molecular flexibility index (Phi) is 5.89. The van der Waals surface area contributed by atoms with Gasteiger partial charge in [0.1, 0.15) is 5.75 Å². The van der Waals surface area contributed by atoms with Crippen LogP contribution in [0.15, 0.2) is 24.3 Å². The molecule has 23 heavy (non-hydrogen) atoms. The van der Waals surface area contributed by atoms with Crippen LogP contribution in [0.1, 0.15) is 13.8 Å². The van der Waals surface area contributed by atoms with Crippen molar-refractivity contribution in [2.24, 2.45) is 0 Å². The third-order valence-corrected chi connectivity index (χ3v) is 7.38. The Bertz CT molecular complexity index is 621. The van der Waals surface area contributed by atoms with Crippen molar-refractivity contribution in [3.8, 4) is 5.75 Å². The first-order valence-corrected chi connectivity index (χ1v) is 10.2. The number of anilines is 1. The second-order valence-electron chi connectivity index (χ2n) is 4.47. The summed E-state index contributed by atoms with van der Waals surface area (Å²) in [7, 11) is -5.07. The Morgan fingerprint density at radius 1 is 1.09 bits per heavy atom. The van der Waals surface area contributed by atoms with E-state index in [9.17, 15) is 9.13 Å². The van der Waals surface area contributed by atoms with Gasteiger partial charge < -0.3 is 13.8 Å². The Morgan fingerprint density at radius 3 is 2.17 bits per heavy atom. The Morgan fingerprint density at radius 2 is 1.65 bits per heavy atom. The van der Waals surface area contributed by atoms with Crippen LogP contribution in [0.2, 0.25) is 0 Å². The highest BCUT2D eigenvalue weighted by Crippen LogP contribution is 2.67. The fraction of sp³-hybridized carbons (Fsp3) is 0.538. The van der Waals surface area contributed by atoms with E-state index in [0.29, 0.717) is 11.4 Å². The normalized spacial score (nSPS) is 17.9. The quantitative estimate of drug-likeness (QED) is 0.643. The van der Waals surface area contributed by atoms with Gasteiger partial charge in [-0.15, -0.1) is 0 Å². The first-order valence-electron chi connectivity index (χ1n) is 7.11. The maximum atomic E-state index is 13.2. The van der Waals surface area contributed by atoms with E-state index >= 15 is 0 Å². The van der Waals surface area contributed by atoms with Gasteiger partial charge in [-0.1, -0.05) is 12.1 Å². The van der Waals surface area contributed by atoms with Gasteiger partial charge in [-0.2, -0.15) is 0 Å². The predicted octanol–water partition coefficient (Wildman–Crippen LogP) is 3.84. The van der Waals surface area contributed by atoms with Gasteiger partial charge in [-0.3, -0.25) is 13.6 Å². The molecule has 2 rings (SSSR count). The monoisotopic (exact) mass is 365 g/mol. The number of nitrogens with zero attached hydrogens (tertiary/aromatic N) is 1. The van der Waals surface area contributed by atoms with E-state index in [0.717, 1.165) is 0 Å². The summed E-state index contributed by atoms with van der Waals surface area (Å²) in [5, 5.41) is 0. The van der Waals surface area contributed by atoms with Gasteiger partial charge in [0.05, 0.1) is 18.9 Å². The molecule has 0 saturated heterocycles. The standard InChI is InChI=1S/C13H21NO7P2/c1-5-19-23(16,20-6-2)14-11-9-7-8-10-12(11)21-13(14)22(15,17-3)18-4/h7-10,13H,5-6H2,1-4H3. The Hall–Kier alpha value is -0.880. The van der Waals surface area contributed by atoms with Crippen molar-refractivity contribution < 1.29 is 32.0 Å². The van der Waals surface area contributed by atoms with Crippen LogP contribution in [0, 0.1) is 0 Å². The molecule has 0 radical (unpaired) electrons. The van der Waals surface area contributed by atoms with Gasteiger partial charge in [0.2, 0.25) is 0 Å². The molecule has 1 heterocycles. The zero-order chi connectivity index (χ0) is 17.1. The maximum absolute atomic E-state index is 13.2. The molecule has 1 atom stereocenters. The minimum absolute atomic E-state index is 0.146. The van der Waals surface area contributed by atoms with Gasteiger partial charge in [-0.05, 0) is 26.0 Å². The van der Waals surface area contributed by atoms with Gasteiger partial charge >= 0.3 is 15.3 Å². The summed E-state index contributed by atoms with van der Waals surface area (Å²) >= 11 is 0. The second-order valence-corrected chi connectivity index (χ2v) is 8.60. The fourth-order valence-electron chi connectivity index (χ4n) is 2.22. The number of hydrogen-bond acceptors (Lipinski definition) is 7. The lowest BCUT2D eigenvalue weighted by atomic mass is 10.3. The van der Waals surface area contributed by atoms with Crippen molar-refractivity contribution in [1.82, 2.24) is 0 Å². The lowest BCUT2D eigenvalue weighted by molar-refractivity contribution is 0.184. The number of para-hydroxylation sites is 2. The molecule has 10 heteroatoms. The Labute approximate surface area is 135 Å². The average molecular weight is 365 g/mol. The number of hydrogen-bond donors (Lipinski definition) is 0. The molecule has 1 aliphatic rings.